The van der Waals surface area contributed by atoms with Crippen LogP contribution in [0.15, 0.2) is 24.3 Å². The number of ether oxygens (including phenoxy) is 1. The lowest BCUT2D eigenvalue weighted by atomic mass is 10.2. The van der Waals surface area contributed by atoms with Gasteiger partial charge in [-0.3, -0.25) is 0 Å². The maximum absolute atomic E-state index is 9.31. The molecule has 0 aliphatic carbocycles. The van der Waals surface area contributed by atoms with Crippen LogP contribution in [-0.4, -0.2) is 28.8 Å². The molecule has 0 heterocycles. The number of nitrogens with zero attached hydrogens (tertiary/aromatic N) is 1. The summed E-state index contributed by atoms with van der Waals surface area (Å²) in [6.07, 6.45) is -0.304. The van der Waals surface area contributed by atoms with E-state index in [1.165, 1.54) is 0 Å². The second-order valence-corrected chi connectivity index (χ2v) is 5.29. The molecule has 0 amide bonds. The third-order valence-corrected chi connectivity index (χ3v) is 3.70. The lowest BCUT2D eigenvalue weighted by Crippen LogP contribution is -2.17. The highest BCUT2D eigenvalue weighted by Gasteiger charge is 2.08. The third-order valence-electron chi connectivity index (χ3n) is 2.38. The van der Waals surface area contributed by atoms with Crippen molar-refractivity contribution >= 4 is 11.8 Å². The molecule has 0 fully saturated rings. The Labute approximate surface area is 106 Å². The van der Waals surface area contributed by atoms with Gasteiger partial charge in [-0.25, -0.2) is 0 Å². The number of aliphatic hydroxyl groups excluding tert-OH is 1. The summed E-state index contributed by atoms with van der Waals surface area (Å²) in [6, 6.07) is 9.19. The second kappa shape index (κ2) is 7.21. The quantitative estimate of drug-likeness (QED) is 0.789. The van der Waals surface area contributed by atoms with Crippen molar-refractivity contribution in [2.24, 2.45) is 0 Å². The van der Waals surface area contributed by atoms with Gasteiger partial charge in [0.2, 0.25) is 0 Å². The van der Waals surface area contributed by atoms with Crippen molar-refractivity contribution in [3.05, 3.63) is 29.8 Å². The fourth-order valence-corrected chi connectivity index (χ4v) is 2.02. The van der Waals surface area contributed by atoms with Gasteiger partial charge in [-0.2, -0.15) is 17.0 Å². The van der Waals surface area contributed by atoms with Crippen molar-refractivity contribution in [2.45, 2.75) is 25.2 Å². The van der Waals surface area contributed by atoms with Crippen LogP contribution in [0.1, 0.15) is 19.4 Å². The van der Waals surface area contributed by atoms with Crippen molar-refractivity contribution < 1.29 is 9.84 Å². The fourth-order valence-electron chi connectivity index (χ4n) is 1.19. The molecule has 0 aliphatic rings. The Morgan fingerprint density at radius 2 is 2.24 bits per heavy atom. The van der Waals surface area contributed by atoms with E-state index in [9.17, 15) is 5.11 Å². The maximum atomic E-state index is 9.31. The van der Waals surface area contributed by atoms with Crippen molar-refractivity contribution in [3.8, 4) is 11.8 Å². The Hall–Kier alpha value is -1.18. The Bertz CT molecular complexity index is 387. The van der Waals surface area contributed by atoms with Crippen molar-refractivity contribution in [1.82, 2.24) is 0 Å². The molecule has 0 spiro atoms. The van der Waals surface area contributed by atoms with Crippen LogP contribution in [0.4, 0.5) is 0 Å². The first-order chi connectivity index (χ1) is 8.13. The molecule has 0 aromatic heterocycles. The number of thioether (sulfide) groups is 1. The molecule has 1 rings (SSSR count). The molecule has 92 valence electrons. The monoisotopic (exact) mass is 251 g/mol. The molecule has 1 aromatic rings. The molecule has 0 saturated carbocycles. The number of hydrogen-bond acceptors (Lipinski definition) is 4. The summed E-state index contributed by atoms with van der Waals surface area (Å²) in [4.78, 5) is 0. The highest BCUT2D eigenvalue weighted by Crippen LogP contribution is 2.16. The van der Waals surface area contributed by atoms with Gasteiger partial charge in [0, 0.05) is 11.0 Å². The number of rotatable bonds is 6. The zero-order valence-corrected chi connectivity index (χ0v) is 10.9. The average molecular weight is 251 g/mol. The molecule has 17 heavy (non-hydrogen) atoms. The number of aliphatic hydroxyl groups is 1. The zero-order valence-electron chi connectivity index (χ0n) is 10.1. The predicted octanol–water partition coefficient (Wildman–Crippen LogP) is 2.44. The van der Waals surface area contributed by atoms with E-state index >= 15 is 0 Å². The normalized spacial score (nSPS) is 13.8. The maximum Gasteiger partial charge on any atom is 0.120 e. The lowest BCUT2D eigenvalue weighted by molar-refractivity contribution is 0.196. The summed E-state index contributed by atoms with van der Waals surface area (Å²) in [5.41, 5.74) is 0.604. The van der Waals surface area contributed by atoms with Crippen LogP contribution in [0, 0.1) is 11.3 Å². The van der Waals surface area contributed by atoms with Crippen molar-refractivity contribution in [1.29, 1.82) is 5.26 Å². The molecule has 0 bridgehead atoms. The van der Waals surface area contributed by atoms with Gasteiger partial charge in [-0.15, -0.1) is 0 Å². The topological polar surface area (TPSA) is 53.2 Å². The zero-order chi connectivity index (χ0) is 12.7. The Kier molecular flexibility index (Phi) is 5.88. The molecule has 3 nitrogen and oxygen atoms in total. The molecule has 0 saturated heterocycles. The van der Waals surface area contributed by atoms with E-state index in [0.717, 1.165) is 5.75 Å². The summed E-state index contributed by atoms with van der Waals surface area (Å²) < 4.78 is 5.53. The van der Waals surface area contributed by atoms with Crippen LogP contribution in [0.25, 0.3) is 0 Å². The minimum absolute atomic E-state index is 0.212. The van der Waals surface area contributed by atoms with E-state index < -0.39 is 0 Å². The van der Waals surface area contributed by atoms with Gasteiger partial charge in [-0.05, 0) is 25.1 Å². The van der Waals surface area contributed by atoms with E-state index in [0.29, 0.717) is 17.9 Å². The summed E-state index contributed by atoms with van der Waals surface area (Å²) in [5.74, 6) is 1.54. The third kappa shape index (κ3) is 5.12. The van der Waals surface area contributed by atoms with Gasteiger partial charge in [0.05, 0.1) is 24.3 Å². The van der Waals surface area contributed by atoms with E-state index in [2.05, 4.69) is 6.07 Å². The standard InChI is InChI=1S/C13H17NO2S/c1-10(15)11(2)17-7-6-16-13-5-3-4-12(8-13)9-14/h3-5,8,10-11,15H,6-7H2,1-2H3/t10-,11+/m0/s1. The SMILES string of the molecule is C[C@H](O)[C@@H](C)SCCOc1cccc(C#N)c1. The Balaban J connectivity index is 2.29. The first kappa shape index (κ1) is 13.9. The summed E-state index contributed by atoms with van der Waals surface area (Å²) in [6.45, 7) is 4.36. The summed E-state index contributed by atoms with van der Waals surface area (Å²) in [7, 11) is 0. The molecule has 0 radical (unpaired) electrons. The Morgan fingerprint density at radius 3 is 2.88 bits per heavy atom. The smallest absolute Gasteiger partial charge is 0.120 e. The molecule has 2 atom stereocenters. The van der Waals surface area contributed by atoms with Crippen LogP contribution in [0.3, 0.4) is 0 Å². The first-order valence-corrected chi connectivity index (χ1v) is 6.61. The fraction of sp³-hybridized carbons (Fsp3) is 0.462. The van der Waals surface area contributed by atoms with Gasteiger partial charge in [0.25, 0.3) is 0 Å². The molecule has 4 heteroatoms. The van der Waals surface area contributed by atoms with E-state index in [4.69, 9.17) is 10.00 Å². The van der Waals surface area contributed by atoms with E-state index in [1.807, 2.05) is 13.0 Å². The molecule has 1 aromatic carbocycles. The first-order valence-electron chi connectivity index (χ1n) is 5.56. The van der Waals surface area contributed by atoms with Crippen molar-refractivity contribution in [3.63, 3.8) is 0 Å². The van der Waals surface area contributed by atoms with Crippen molar-refractivity contribution in [2.75, 3.05) is 12.4 Å². The van der Waals surface area contributed by atoms with E-state index in [1.54, 1.807) is 36.9 Å². The number of hydrogen-bond donors (Lipinski definition) is 1. The van der Waals surface area contributed by atoms with Crippen LogP contribution in [0.5, 0.6) is 5.75 Å². The average Bonchev–Trinajstić information content (AvgIpc) is 2.34. The highest BCUT2D eigenvalue weighted by atomic mass is 32.2. The van der Waals surface area contributed by atoms with Crippen LogP contribution < -0.4 is 4.74 Å². The number of benzene rings is 1. The van der Waals surface area contributed by atoms with Gasteiger partial charge >= 0.3 is 0 Å². The van der Waals surface area contributed by atoms with Crippen LogP contribution in [-0.2, 0) is 0 Å². The lowest BCUT2D eigenvalue weighted by Gasteiger charge is -2.14. The molecule has 0 unspecified atom stereocenters. The minimum Gasteiger partial charge on any atom is -0.493 e. The number of nitriles is 1. The highest BCUT2D eigenvalue weighted by molar-refractivity contribution is 7.99. The van der Waals surface area contributed by atoms with E-state index in [-0.39, 0.29) is 11.4 Å². The summed E-state index contributed by atoms with van der Waals surface area (Å²) >= 11 is 1.67. The molecular weight excluding hydrogens is 234 g/mol. The van der Waals surface area contributed by atoms with Crippen LogP contribution >= 0.6 is 11.8 Å². The van der Waals surface area contributed by atoms with Crippen LogP contribution in [0.2, 0.25) is 0 Å². The van der Waals surface area contributed by atoms with Gasteiger partial charge < -0.3 is 9.84 Å². The largest absolute Gasteiger partial charge is 0.493 e. The molecule has 0 aliphatic heterocycles. The summed E-state index contributed by atoms with van der Waals surface area (Å²) in [5, 5.41) is 18.2. The molecular formula is C13H17NO2S. The minimum atomic E-state index is -0.304. The predicted molar refractivity (Wildman–Crippen MR) is 70.3 cm³/mol. The van der Waals surface area contributed by atoms with Gasteiger partial charge in [-0.1, -0.05) is 13.0 Å². The Morgan fingerprint density at radius 1 is 1.47 bits per heavy atom. The van der Waals surface area contributed by atoms with Gasteiger partial charge in [0.15, 0.2) is 0 Å². The van der Waals surface area contributed by atoms with Gasteiger partial charge in [0.1, 0.15) is 5.75 Å². The molecule has 1 N–H and O–H groups in total. The second-order valence-electron chi connectivity index (χ2n) is 3.80.